The number of carbonyl (C=O) groups is 2. The summed E-state index contributed by atoms with van der Waals surface area (Å²) < 4.78 is 15.6. The van der Waals surface area contributed by atoms with Crippen LogP contribution < -0.4 is 19.8 Å². The summed E-state index contributed by atoms with van der Waals surface area (Å²) in [6.45, 7) is 1.69. The van der Waals surface area contributed by atoms with Gasteiger partial charge in [0.15, 0.2) is 10.9 Å². The lowest BCUT2D eigenvalue weighted by Gasteiger charge is -2.15. The Kier molecular flexibility index (Phi) is 9.39. The van der Waals surface area contributed by atoms with Crippen LogP contribution in [0.5, 0.6) is 17.4 Å². The van der Waals surface area contributed by atoms with Crippen molar-refractivity contribution in [2.24, 2.45) is 5.10 Å². The van der Waals surface area contributed by atoms with E-state index >= 15 is 0 Å². The Hall–Kier alpha value is -3.20. The zero-order chi connectivity index (χ0) is 23.7. The van der Waals surface area contributed by atoms with E-state index in [1.807, 2.05) is 5.32 Å². The van der Waals surface area contributed by atoms with Crippen molar-refractivity contribution >= 4 is 58.9 Å². The number of pyridine rings is 1. The van der Waals surface area contributed by atoms with E-state index in [9.17, 15) is 14.9 Å². The molecule has 13 heteroatoms. The summed E-state index contributed by atoms with van der Waals surface area (Å²) in [5.74, 6) is -0.211. The van der Waals surface area contributed by atoms with Crippen molar-refractivity contribution in [1.82, 2.24) is 10.3 Å². The molecule has 0 aliphatic carbocycles. The Morgan fingerprint density at radius 3 is 2.78 bits per heavy atom. The number of rotatable bonds is 8. The van der Waals surface area contributed by atoms with E-state index < -0.39 is 12.0 Å². The molecule has 0 aliphatic rings. The van der Waals surface area contributed by atoms with Crippen LogP contribution in [0.4, 0.5) is 10.5 Å². The molecular weight excluding hydrogens is 481 g/mol. The first-order valence-electron chi connectivity index (χ1n) is 8.81. The standard InChI is InChI=1S/C19H17Cl2N5O5S/c1-4-30-19(28)24-13(27)9-23-26(10-22)11-6-5-7-12(8-11)31-18-14(20)16(32-3)15(29-2)17(21)25-18/h5-9H,4H2,1-3H3,(H,24,27,28)/b23-9-. The van der Waals surface area contributed by atoms with Crippen LogP contribution in [-0.4, -0.2) is 43.2 Å². The second-order valence-corrected chi connectivity index (χ2v) is 7.11. The molecule has 10 nitrogen and oxygen atoms in total. The van der Waals surface area contributed by atoms with Crippen LogP contribution in [0, 0.1) is 11.5 Å². The third kappa shape index (κ3) is 6.40. The van der Waals surface area contributed by atoms with Gasteiger partial charge in [-0.05, 0) is 25.3 Å². The van der Waals surface area contributed by atoms with E-state index in [4.69, 9.17) is 32.7 Å². The van der Waals surface area contributed by atoms with Gasteiger partial charge in [-0.25, -0.2) is 4.79 Å². The van der Waals surface area contributed by atoms with Crippen LogP contribution in [0.25, 0.3) is 0 Å². The summed E-state index contributed by atoms with van der Waals surface area (Å²) in [5.41, 5.74) is 0.269. The van der Waals surface area contributed by atoms with Gasteiger partial charge in [-0.3, -0.25) is 10.1 Å². The number of nitriles is 1. The molecule has 0 saturated carbocycles. The molecule has 0 atom stereocenters. The number of methoxy groups -OCH3 is 1. The van der Waals surface area contributed by atoms with Gasteiger partial charge in [0.05, 0.1) is 24.3 Å². The fourth-order valence-corrected chi connectivity index (χ4v) is 3.59. The smallest absolute Gasteiger partial charge is 0.414 e. The number of alkyl carbamates (subject to hydrolysis) is 1. The summed E-state index contributed by atoms with van der Waals surface area (Å²) in [7, 11) is 1.45. The van der Waals surface area contributed by atoms with Crippen molar-refractivity contribution in [3.63, 3.8) is 0 Å². The number of hydrogen-bond acceptors (Lipinski definition) is 10. The summed E-state index contributed by atoms with van der Waals surface area (Å²) in [6.07, 6.45) is 3.44. The molecule has 0 spiro atoms. The highest BCUT2D eigenvalue weighted by atomic mass is 35.5. The van der Waals surface area contributed by atoms with Gasteiger partial charge in [-0.15, -0.1) is 11.8 Å². The minimum Gasteiger partial charge on any atom is -0.492 e. The summed E-state index contributed by atoms with van der Waals surface area (Å²) in [6, 6.07) is 6.22. The lowest BCUT2D eigenvalue weighted by molar-refractivity contribution is -0.113. The number of anilines is 1. The predicted octanol–water partition coefficient (Wildman–Crippen LogP) is 4.46. The summed E-state index contributed by atoms with van der Waals surface area (Å²) in [5, 5.41) is 16.2. The van der Waals surface area contributed by atoms with Crippen LogP contribution >= 0.6 is 35.0 Å². The maximum Gasteiger partial charge on any atom is 0.414 e. The molecule has 2 rings (SSSR count). The first-order valence-corrected chi connectivity index (χ1v) is 10.8. The molecule has 0 saturated heterocycles. The minimum absolute atomic E-state index is 0.0415. The average molecular weight is 498 g/mol. The molecule has 168 valence electrons. The molecule has 0 unspecified atom stereocenters. The quantitative estimate of drug-likeness (QED) is 0.140. The first-order chi connectivity index (χ1) is 15.3. The Morgan fingerprint density at radius 2 is 2.16 bits per heavy atom. The number of carbonyl (C=O) groups excluding carboxylic acids is 2. The second-order valence-electron chi connectivity index (χ2n) is 5.55. The maximum absolute atomic E-state index is 11.7. The van der Waals surface area contributed by atoms with Gasteiger partial charge in [-0.2, -0.15) is 20.4 Å². The van der Waals surface area contributed by atoms with Crippen LogP contribution in [0.15, 0.2) is 34.3 Å². The number of nitrogens with zero attached hydrogens (tertiary/aromatic N) is 4. The fraction of sp³-hybridized carbons (Fsp3) is 0.211. The van der Waals surface area contributed by atoms with Gasteiger partial charge in [0.25, 0.3) is 5.91 Å². The molecule has 1 aromatic heterocycles. The lowest BCUT2D eigenvalue weighted by atomic mass is 10.3. The molecular formula is C19H17Cl2N5O5S. The second kappa shape index (κ2) is 12.0. The van der Waals surface area contributed by atoms with E-state index in [1.54, 1.807) is 37.6 Å². The fourth-order valence-electron chi connectivity index (χ4n) is 2.26. The molecule has 1 aromatic carbocycles. The number of ether oxygens (including phenoxy) is 3. The van der Waals surface area contributed by atoms with Crippen molar-refractivity contribution in [3.8, 4) is 23.6 Å². The average Bonchev–Trinajstić information content (AvgIpc) is 2.76. The predicted molar refractivity (Wildman–Crippen MR) is 121 cm³/mol. The lowest BCUT2D eigenvalue weighted by Crippen LogP contribution is -2.32. The van der Waals surface area contributed by atoms with E-state index in [1.165, 1.54) is 24.9 Å². The number of hydrogen-bond donors (Lipinski definition) is 1. The zero-order valence-electron chi connectivity index (χ0n) is 17.1. The monoisotopic (exact) mass is 497 g/mol. The largest absolute Gasteiger partial charge is 0.492 e. The number of aromatic nitrogens is 1. The molecule has 2 amide bonds. The van der Waals surface area contributed by atoms with E-state index in [2.05, 4.69) is 14.8 Å². The molecule has 1 heterocycles. The van der Waals surface area contributed by atoms with Crippen LogP contribution in [0.3, 0.4) is 0 Å². The molecule has 1 N–H and O–H groups in total. The number of imide groups is 1. The number of amides is 2. The van der Waals surface area contributed by atoms with E-state index in [0.717, 1.165) is 11.2 Å². The van der Waals surface area contributed by atoms with Crippen molar-refractivity contribution in [1.29, 1.82) is 5.26 Å². The third-order valence-corrected chi connectivity index (χ3v) is 5.07. The number of hydrazone groups is 1. The number of benzene rings is 1. The van der Waals surface area contributed by atoms with Gasteiger partial charge in [0.1, 0.15) is 17.0 Å². The Balaban J connectivity index is 2.24. The zero-order valence-corrected chi connectivity index (χ0v) is 19.4. The van der Waals surface area contributed by atoms with Gasteiger partial charge in [0, 0.05) is 6.07 Å². The molecule has 2 aromatic rings. The normalized spacial score (nSPS) is 10.4. The van der Waals surface area contributed by atoms with Crippen molar-refractivity contribution in [3.05, 3.63) is 34.4 Å². The minimum atomic E-state index is -0.921. The Morgan fingerprint density at radius 1 is 1.41 bits per heavy atom. The van der Waals surface area contributed by atoms with Gasteiger partial charge in [-0.1, -0.05) is 29.3 Å². The van der Waals surface area contributed by atoms with Gasteiger partial charge < -0.3 is 14.2 Å². The van der Waals surface area contributed by atoms with Crippen LogP contribution in [0.2, 0.25) is 10.2 Å². The molecule has 0 bridgehead atoms. The summed E-state index contributed by atoms with van der Waals surface area (Å²) >= 11 is 13.8. The Bertz CT molecular complexity index is 1080. The Labute approximate surface area is 198 Å². The molecule has 32 heavy (non-hydrogen) atoms. The molecule has 0 aliphatic heterocycles. The topological polar surface area (TPSA) is 126 Å². The van der Waals surface area contributed by atoms with Crippen molar-refractivity contribution in [2.75, 3.05) is 25.0 Å². The van der Waals surface area contributed by atoms with Crippen molar-refractivity contribution in [2.45, 2.75) is 11.8 Å². The van der Waals surface area contributed by atoms with Gasteiger partial charge in [0.2, 0.25) is 12.1 Å². The van der Waals surface area contributed by atoms with Gasteiger partial charge >= 0.3 is 6.09 Å². The maximum atomic E-state index is 11.7. The number of halogens is 2. The van der Waals surface area contributed by atoms with E-state index in [0.29, 0.717) is 10.6 Å². The highest BCUT2D eigenvalue weighted by molar-refractivity contribution is 7.98. The van der Waals surface area contributed by atoms with Crippen LogP contribution in [0.1, 0.15) is 6.92 Å². The van der Waals surface area contributed by atoms with Crippen LogP contribution in [-0.2, 0) is 9.53 Å². The summed E-state index contributed by atoms with van der Waals surface area (Å²) in [4.78, 5) is 27.6. The number of thioether (sulfide) groups is 1. The highest BCUT2D eigenvalue weighted by Gasteiger charge is 2.20. The molecule has 0 radical (unpaired) electrons. The third-order valence-electron chi connectivity index (χ3n) is 3.55. The first kappa shape index (κ1) is 25.1. The highest BCUT2D eigenvalue weighted by Crippen LogP contribution is 2.44. The number of nitrogens with one attached hydrogen (secondary N) is 1. The van der Waals surface area contributed by atoms with E-state index in [-0.39, 0.29) is 34.1 Å². The SMILES string of the molecule is CCOC(=O)NC(=O)/C=N\N(C#N)c1cccc(Oc2nc(Cl)c(OC)c(SC)c2Cl)c1. The molecule has 0 fully saturated rings. The van der Waals surface area contributed by atoms with Crippen molar-refractivity contribution < 1.29 is 23.8 Å².